The molecule has 3 fully saturated rings. The van der Waals surface area contributed by atoms with Crippen LogP contribution in [-0.2, 0) is 28.5 Å². The van der Waals surface area contributed by atoms with Crippen LogP contribution in [0.4, 0.5) is 0 Å². The quantitative estimate of drug-likeness (QED) is 0.144. The van der Waals surface area contributed by atoms with Gasteiger partial charge in [-0.25, -0.2) is 0 Å². The van der Waals surface area contributed by atoms with E-state index in [1.807, 2.05) is 0 Å². The Kier molecular flexibility index (Phi) is 14.8. The van der Waals surface area contributed by atoms with E-state index >= 15 is 0 Å². The number of aliphatic hydroxyl groups excluding tert-OH is 1. The number of hydrogen-bond donors (Lipinski definition) is 1. The predicted molar refractivity (Wildman–Crippen MR) is 152 cm³/mol. The Morgan fingerprint density at radius 3 is 2.44 bits per heavy atom. The van der Waals surface area contributed by atoms with Gasteiger partial charge in [-0.3, -0.25) is 4.79 Å². The first-order valence-electron chi connectivity index (χ1n) is 15.2. The number of carbonyl (C=O) groups is 1. The molecule has 7 atom stereocenters. The average Bonchev–Trinajstić information content (AvgIpc) is 3.23. The number of esters is 1. The molecule has 0 amide bonds. The highest BCUT2D eigenvalue weighted by molar-refractivity contribution is 5.69. The molecule has 39 heavy (non-hydrogen) atoms. The average molecular weight is 549 g/mol. The number of aliphatic hydroxyl groups is 1. The number of ether oxygens (including phenoxy) is 5. The Bertz CT molecular complexity index is 775. The van der Waals surface area contributed by atoms with Crippen LogP contribution in [0.5, 0.6) is 0 Å². The lowest BCUT2D eigenvalue weighted by Crippen LogP contribution is -2.31. The van der Waals surface area contributed by atoms with Gasteiger partial charge in [-0.1, -0.05) is 36.0 Å². The van der Waals surface area contributed by atoms with Crippen molar-refractivity contribution >= 4 is 5.97 Å². The normalized spacial score (nSPS) is 30.6. The van der Waals surface area contributed by atoms with Crippen molar-refractivity contribution in [1.82, 2.24) is 0 Å². The molecule has 0 aromatic heterocycles. The first-order chi connectivity index (χ1) is 19.0. The van der Waals surface area contributed by atoms with E-state index in [-0.39, 0.29) is 42.6 Å². The fourth-order valence-corrected chi connectivity index (χ4v) is 5.69. The first kappa shape index (κ1) is 32.0. The Labute approximate surface area is 235 Å². The molecule has 7 heteroatoms. The second kappa shape index (κ2) is 18.0. The highest BCUT2D eigenvalue weighted by Gasteiger charge is 2.42. The van der Waals surface area contributed by atoms with Gasteiger partial charge in [0, 0.05) is 32.0 Å². The van der Waals surface area contributed by atoms with Crippen molar-refractivity contribution in [3.05, 3.63) is 36.0 Å². The van der Waals surface area contributed by atoms with Gasteiger partial charge in [0.2, 0.25) is 0 Å². The molecule has 0 bridgehead atoms. The predicted octanol–water partition coefficient (Wildman–Crippen LogP) is 6.40. The molecule has 1 saturated carbocycles. The molecule has 0 aromatic rings. The van der Waals surface area contributed by atoms with E-state index in [4.69, 9.17) is 23.7 Å². The summed E-state index contributed by atoms with van der Waals surface area (Å²) >= 11 is 0. The van der Waals surface area contributed by atoms with Gasteiger partial charge in [0.05, 0.1) is 25.4 Å². The molecule has 7 nitrogen and oxygen atoms in total. The third-order valence-electron chi connectivity index (χ3n) is 7.93. The van der Waals surface area contributed by atoms with Gasteiger partial charge < -0.3 is 28.8 Å². The van der Waals surface area contributed by atoms with Crippen LogP contribution in [0.2, 0.25) is 0 Å². The molecule has 0 radical (unpaired) electrons. The lowest BCUT2D eigenvalue weighted by Gasteiger charge is -2.30. The van der Waals surface area contributed by atoms with Crippen LogP contribution in [0.3, 0.4) is 0 Å². The summed E-state index contributed by atoms with van der Waals surface area (Å²) in [6.07, 6.45) is 21.4. The highest BCUT2D eigenvalue weighted by atomic mass is 16.7. The molecule has 1 N–H and O–H groups in total. The molecule has 2 heterocycles. The molecule has 0 aromatic carbocycles. The van der Waals surface area contributed by atoms with Crippen molar-refractivity contribution < 1.29 is 33.6 Å². The highest BCUT2D eigenvalue weighted by Crippen LogP contribution is 2.39. The van der Waals surface area contributed by atoms with E-state index < -0.39 is 6.10 Å². The number of methoxy groups -OCH3 is 1. The van der Waals surface area contributed by atoms with Crippen LogP contribution in [-0.4, -0.2) is 62.3 Å². The summed E-state index contributed by atoms with van der Waals surface area (Å²) in [6.45, 7) is 5.74. The van der Waals surface area contributed by atoms with E-state index in [2.05, 4.69) is 44.2 Å². The number of hydrogen-bond acceptors (Lipinski definition) is 7. The van der Waals surface area contributed by atoms with E-state index in [9.17, 15) is 9.90 Å². The number of allylic oxidation sites excluding steroid dienone is 4. The maximum Gasteiger partial charge on any atom is 0.305 e. The summed E-state index contributed by atoms with van der Waals surface area (Å²) in [5.41, 5.74) is 1.31. The van der Waals surface area contributed by atoms with E-state index in [1.165, 1.54) is 12.7 Å². The first-order valence-corrected chi connectivity index (χ1v) is 15.2. The molecule has 3 rings (SSSR count). The maximum atomic E-state index is 11.4. The zero-order valence-electron chi connectivity index (χ0n) is 24.4. The third kappa shape index (κ3) is 11.9. The van der Waals surface area contributed by atoms with E-state index in [0.29, 0.717) is 12.8 Å². The minimum absolute atomic E-state index is 0.0519. The van der Waals surface area contributed by atoms with Crippen LogP contribution in [0.1, 0.15) is 97.3 Å². The molecule has 0 spiro atoms. The van der Waals surface area contributed by atoms with Crippen LogP contribution in [0.15, 0.2) is 36.0 Å². The lowest BCUT2D eigenvalue weighted by molar-refractivity contribution is -0.193. The zero-order chi connectivity index (χ0) is 27.9. The summed E-state index contributed by atoms with van der Waals surface area (Å²) in [6, 6.07) is 0. The van der Waals surface area contributed by atoms with Crippen LogP contribution in [0.25, 0.3) is 0 Å². The number of rotatable bonds is 15. The number of unbranched alkanes of at least 4 members (excludes halogenated alkanes) is 1. The van der Waals surface area contributed by atoms with Crippen molar-refractivity contribution in [2.45, 2.75) is 128 Å². The Morgan fingerprint density at radius 1 is 1.03 bits per heavy atom. The Morgan fingerprint density at radius 2 is 1.77 bits per heavy atom. The standard InChI is InChI=1S/C32H52O7/c1-24(2)13-12-14-25(38-31-17-8-10-21-36-31)19-20-27-26(15-6-4-5-7-16-30(34)35-3)28(33)23-29(27)39-32-18-9-11-22-37-32/h4,6,13,19-20,25-29,31-33H,5,7-12,14-18,21-23H2,1-3H3/b6-4-,20-19+/t25-,26+,27-,28+,29+,31?,32?/m0/s1. The van der Waals surface area contributed by atoms with E-state index in [0.717, 1.165) is 83.8 Å². The molecule has 2 aliphatic heterocycles. The van der Waals surface area contributed by atoms with Crippen molar-refractivity contribution in [1.29, 1.82) is 0 Å². The second-order valence-electron chi connectivity index (χ2n) is 11.4. The fourth-order valence-electron chi connectivity index (χ4n) is 5.69. The van der Waals surface area contributed by atoms with Gasteiger partial charge >= 0.3 is 5.97 Å². The van der Waals surface area contributed by atoms with Gasteiger partial charge in [0.15, 0.2) is 12.6 Å². The topological polar surface area (TPSA) is 83.5 Å². The molecular weight excluding hydrogens is 496 g/mol. The smallest absolute Gasteiger partial charge is 0.305 e. The van der Waals surface area contributed by atoms with Crippen LogP contribution >= 0.6 is 0 Å². The van der Waals surface area contributed by atoms with Crippen molar-refractivity contribution in [2.24, 2.45) is 11.8 Å². The molecule has 3 aliphatic rings. The molecular formula is C32H52O7. The van der Waals surface area contributed by atoms with Gasteiger partial charge in [0.1, 0.15) is 0 Å². The largest absolute Gasteiger partial charge is 0.469 e. The second-order valence-corrected chi connectivity index (χ2v) is 11.4. The van der Waals surface area contributed by atoms with Crippen LogP contribution in [0, 0.1) is 11.8 Å². The molecule has 1 aliphatic carbocycles. The SMILES string of the molecule is COC(=O)CCC/C=C\C[C@@H]1[C@H](/C=C/[C@H](CCC=C(C)C)OC2CCCCO2)[C@H](OC2CCCCO2)C[C@H]1O. The fraction of sp³-hybridized carbons (Fsp3) is 0.781. The minimum atomic E-state index is -0.445. The monoisotopic (exact) mass is 548 g/mol. The molecule has 2 saturated heterocycles. The summed E-state index contributed by atoms with van der Waals surface area (Å²) in [7, 11) is 1.42. The van der Waals surface area contributed by atoms with Gasteiger partial charge in [-0.15, -0.1) is 0 Å². The van der Waals surface area contributed by atoms with Gasteiger partial charge in [0.25, 0.3) is 0 Å². The van der Waals surface area contributed by atoms with Gasteiger partial charge in [-0.05, 0) is 90.4 Å². The lowest BCUT2D eigenvalue weighted by atomic mass is 9.89. The zero-order valence-corrected chi connectivity index (χ0v) is 24.4. The van der Waals surface area contributed by atoms with Crippen molar-refractivity contribution in [3.63, 3.8) is 0 Å². The van der Waals surface area contributed by atoms with Crippen LogP contribution < -0.4 is 0 Å². The summed E-state index contributed by atoms with van der Waals surface area (Å²) in [5.74, 6) is -0.0622. The summed E-state index contributed by atoms with van der Waals surface area (Å²) < 4.78 is 29.4. The van der Waals surface area contributed by atoms with Crippen molar-refractivity contribution in [2.75, 3.05) is 20.3 Å². The minimum Gasteiger partial charge on any atom is -0.469 e. The maximum absolute atomic E-state index is 11.4. The molecule has 222 valence electrons. The summed E-state index contributed by atoms with van der Waals surface area (Å²) in [4.78, 5) is 11.4. The number of carbonyl (C=O) groups excluding carboxylic acids is 1. The summed E-state index contributed by atoms with van der Waals surface area (Å²) in [5, 5.41) is 11.1. The Hall–Kier alpha value is -1.51. The van der Waals surface area contributed by atoms with Gasteiger partial charge in [-0.2, -0.15) is 0 Å². The Balaban J connectivity index is 1.68. The molecule has 2 unspecified atom stereocenters. The van der Waals surface area contributed by atoms with Crippen molar-refractivity contribution in [3.8, 4) is 0 Å². The van der Waals surface area contributed by atoms with E-state index in [1.54, 1.807) is 0 Å². The third-order valence-corrected chi connectivity index (χ3v) is 7.93.